The summed E-state index contributed by atoms with van der Waals surface area (Å²) in [5.41, 5.74) is 1.64. The van der Waals surface area contributed by atoms with Gasteiger partial charge in [0, 0.05) is 30.5 Å². The molecule has 2 rings (SSSR count). The lowest BCUT2D eigenvalue weighted by molar-refractivity contribution is -0.141. The standard InChI is InChI=1S/C16H19N3O3/c1-12(9-15(20)22-2)18-16(21)14-5-3-13(4-6-14)10-19-8-7-17-11-19/h3-8,11-12H,9-10H2,1-2H3,(H,18,21)/t12-/m0/s1. The van der Waals surface area contributed by atoms with Gasteiger partial charge < -0.3 is 14.6 Å². The van der Waals surface area contributed by atoms with Crippen LogP contribution in [-0.4, -0.2) is 34.6 Å². The normalized spacial score (nSPS) is 11.7. The molecule has 1 amide bonds. The number of benzene rings is 1. The van der Waals surface area contributed by atoms with E-state index in [0.29, 0.717) is 12.1 Å². The van der Waals surface area contributed by atoms with E-state index in [1.807, 2.05) is 22.9 Å². The van der Waals surface area contributed by atoms with Gasteiger partial charge >= 0.3 is 5.97 Å². The van der Waals surface area contributed by atoms with Crippen LogP contribution in [0.3, 0.4) is 0 Å². The molecule has 1 aromatic heterocycles. The van der Waals surface area contributed by atoms with Gasteiger partial charge in [-0.15, -0.1) is 0 Å². The van der Waals surface area contributed by atoms with Crippen LogP contribution in [0.25, 0.3) is 0 Å². The number of hydrogen-bond acceptors (Lipinski definition) is 4. The van der Waals surface area contributed by atoms with E-state index >= 15 is 0 Å². The van der Waals surface area contributed by atoms with Crippen molar-refractivity contribution in [3.05, 3.63) is 54.1 Å². The minimum Gasteiger partial charge on any atom is -0.469 e. The van der Waals surface area contributed by atoms with Crippen molar-refractivity contribution < 1.29 is 14.3 Å². The molecule has 0 saturated carbocycles. The second-order valence-electron chi connectivity index (χ2n) is 5.09. The Hall–Kier alpha value is -2.63. The zero-order valence-electron chi connectivity index (χ0n) is 12.7. The lowest BCUT2D eigenvalue weighted by Gasteiger charge is -2.12. The predicted molar refractivity (Wildman–Crippen MR) is 81.3 cm³/mol. The summed E-state index contributed by atoms with van der Waals surface area (Å²) in [5.74, 6) is -0.547. The summed E-state index contributed by atoms with van der Waals surface area (Å²) >= 11 is 0. The van der Waals surface area contributed by atoms with Crippen molar-refractivity contribution in [1.29, 1.82) is 0 Å². The second-order valence-corrected chi connectivity index (χ2v) is 5.09. The van der Waals surface area contributed by atoms with Gasteiger partial charge in [0.25, 0.3) is 5.91 Å². The van der Waals surface area contributed by atoms with Crippen LogP contribution in [-0.2, 0) is 16.1 Å². The zero-order chi connectivity index (χ0) is 15.9. The van der Waals surface area contributed by atoms with E-state index in [-0.39, 0.29) is 24.3 Å². The first-order valence-corrected chi connectivity index (χ1v) is 7.01. The van der Waals surface area contributed by atoms with Crippen LogP contribution in [0.2, 0.25) is 0 Å². The summed E-state index contributed by atoms with van der Waals surface area (Å²) in [6.45, 7) is 2.48. The maximum atomic E-state index is 12.1. The number of nitrogens with one attached hydrogen (secondary N) is 1. The molecular formula is C16H19N3O3. The summed E-state index contributed by atoms with van der Waals surface area (Å²) < 4.78 is 6.53. The molecule has 6 nitrogen and oxygen atoms in total. The number of ether oxygens (including phenoxy) is 1. The quantitative estimate of drug-likeness (QED) is 0.823. The Labute approximate surface area is 129 Å². The van der Waals surface area contributed by atoms with Gasteiger partial charge in [-0.1, -0.05) is 12.1 Å². The number of carbonyl (C=O) groups excluding carboxylic acids is 2. The Morgan fingerprint density at radius 2 is 2.05 bits per heavy atom. The maximum Gasteiger partial charge on any atom is 0.307 e. The average Bonchev–Trinajstić information content (AvgIpc) is 3.00. The third-order valence-electron chi connectivity index (χ3n) is 3.22. The Bertz CT molecular complexity index is 621. The topological polar surface area (TPSA) is 73.2 Å². The Morgan fingerprint density at radius 1 is 1.32 bits per heavy atom. The summed E-state index contributed by atoms with van der Waals surface area (Å²) in [6.07, 6.45) is 5.51. The molecular weight excluding hydrogens is 282 g/mol. The number of nitrogens with zero attached hydrogens (tertiary/aromatic N) is 2. The molecule has 0 aliphatic rings. The number of esters is 1. The molecule has 0 saturated heterocycles. The molecule has 1 N–H and O–H groups in total. The van der Waals surface area contributed by atoms with E-state index in [2.05, 4.69) is 15.0 Å². The highest BCUT2D eigenvalue weighted by molar-refractivity contribution is 5.94. The minimum absolute atomic E-state index is 0.154. The van der Waals surface area contributed by atoms with Gasteiger partial charge in [-0.2, -0.15) is 0 Å². The van der Waals surface area contributed by atoms with Gasteiger partial charge in [-0.3, -0.25) is 9.59 Å². The van der Waals surface area contributed by atoms with E-state index in [9.17, 15) is 9.59 Å². The van der Waals surface area contributed by atoms with E-state index in [1.54, 1.807) is 31.6 Å². The van der Waals surface area contributed by atoms with Crippen LogP contribution >= 0.6 is 0 Å². The summed E-state index contributed by atoms with van der Waals surface area (Å²) in [6, 6.07) is 7.07. The number of amides is 1. The molecule has 0 unspecified atom stereocenters. The summed E-state index contributed by atoms with van der Waals surface area (Å²) in [5, 5.41) is 2.77. The van der Waals surface area contributed by atoms with Crippen LogP contribution in [0.15, 0.2) is 43.0 Å². The minimum atomic E-state index is -0.344. The van der Waals surface area contributed by atoms with Crippen LogP contribution in [0.4, 0.5) is 0 Å². The smallest absolute Gasteiger partial charge is 0.307 e. The molecule has 0 bridgehead atoms. The maximum absolute atomic E-state index is 12.1. The van der Waals surface area contributed by atoms with Crippen molar-refractivity contribution in [2.75, 3.05) is 7.11 Å². The summed E-state index contributed by atoms with van der Waals surface area (Å²) in [7, 11) is 1.33. The first-order chi connectivity index (χ1) is 10.6. The number of rotatable bonds is 6. The number of carbonyl (C=O) groups is 2. The van der Waals surface area contributed by atoms with Crippen LogP contribution in [0.1, 0.15) is 29.3 Å². The third-order valence-corrected chi connectivity index (χ3v) is 3.22. The molecule has 116 valence electrons. The average molecular weight is 301 g/mol. The Kier molecular flexibility index (Phi) is 5.30. The Morgan fingerprint density at radius 3 is 2.64 bits per heavy atom. The first-order valence-electron chi connectivity index (χ1n) is 7.01. The van der Waals surface area contributed by atoms with Crippen molar-refractivity contribution in [2.24, 2.45) is 0 Å². The lowest BCUT2D eigenvalue weighted by atomic mass is 10.1. The van der Waals surface area contributed by atoms with Gasteiger partial charge in [0.05, 0.1) is 19.9 Å². The third kappa shape index (κ3) is 4.44. The lowest BCUT2D eigenvalue weighted by Crippen LogP contribution is -2.34. The molecule has 0 spiro atoms. The fourth-order valence-electron chi connectivity index (χ4n) is 2.04. The van der Waals surface area contributed by atoms with Crippen LogP contribution in [0.5, 0.6) is 0 Å². The highest BCUT2D eigenvalue weighted by Gasteiger charge is 2.13. The number of aromatic nitrogens is 2. The van der Waals surface area contributed by atoms with Crippen molar-refractivity contribution in [2.45, 2.75) is 25.9 Å². The molecule has 2 aromatic rings. The number of methoxy groups -OCH3 is 1. The fraction of sp³-hybridized carbons (Fsp3) is 0.312. The SMILES string of the molecule is COC(=O)C[C@H](C)NC(=O)c1ccc(Cn2ccnc2)cc1. The molecule has 1 aromatic carbocycles. The first kappa shape index (κ1) is 15.8. The van der Waals surface area contributed by atoms with Crippen LogP contribution < -0.4 is 5.32 Å². The van der Waals surface area contributed by atoms with Gasteiger partial charge in [-0.05, 0) is 24.6 Å². The van der Waals surface area contributed by atoms with Crippen molar-refractivity contribution in [3.63, 3.8) is 0 Å². The van der Waals surface area contributed by atoms with E-state index in [1.165, 1.54) is 7.11 Å². The van der Waals surface area contributed by atoms with Crippen molar-refractivity contribution in [3.8, 4) is 0 Å². The largest absolute Gasteiger partial charge is 0.469 e. The molecule has 0 fully saturated rings. The van der Waals surface area contributed by atoms with E-state index in [0.717, 1.165) is 5.56 Å². The predicted octanol–water partition coefficient (Wildman–Crippen LogP) is 1.61. The number of imidazole rings is 1. The zero-order valence-corrected chi connectivity index (χ0v) is 12.7. The van der Waals surface area contributed by atoms with Crippen molar-refractivity contribution >= 4 is 11.9 Å². The van der Waals surface area contributed by atoms with Gasteiger partial charge in [0.2, 0.25) is 0 Å². The fourth-order valence-corrected chi connectivity index (χ4v) is 2.04. The van der Waals surface area contributed by atoms with E-state index < -0.39 is 0 Å². The molecule has 22 heavy (non-hydrogen) atoms. The Balaban J connectivity index is 1.92. The molecule has 1 heterocycles. The molecule has 0 radical (unpaired) electrons. The summed E-state index contributed by atoms with van der Waals surface area (Å²) in [4.78, 5) is 27.2. The second kappa shape index (κ2) is 7.40. The monoisotopic (exact) mass is 301 g/mol. The highest BCUT2D eigenvalue weighted by Crippen LogP contribution is 2.07. The van der Waals surface area contributed by atoms with E-state index in [4.69, 9.17) is 0 Å². The van der Waals surface area contributed by atoms with Gasteiger partial charge in [0.1, 0.15) is 0 Å². The van der Waals surface area contributed by atoms with Crippen molar-refractivity contribution in [1.82, 2.24) is 14.9 Å². The van der Waals surface area contributed by atoms with Gasteiger partial charge in [-0.25, -0.2) is 4.98 Å². The molecule has 0 aliphatic carbocycles. The van der Waals surface area contributed by atoms with Gasteiger partial charge in [0.15, 0.2) is 0 Å². The molecule has 1 atom stereocenters. The molecule has 6 heteroatoms. The number of hydrogen-bond donors (Lipinski definition) is 1. The highest BCUT2D eigenvalue weighted by atomic mass is 16.5. The van der Waals surface area contributed by atoms with Crippen LogP contribution in [0, 0.1) is 0 Å². The molecule has 0 aliphatic heterocycles.